The molecule has 0 bridgehead atoms. The second kappa shape index (κ2) is 8.48. The van der Waals surface area contributed by atoms with E-state index in [9.17, 15) is 18.0 Å². The van der Waals surface area contributed by atoms with Crippen LogP contribution in [0.5, 0.6) is 0 Å². The van der Waals surface area contributed by atoms with Gasteiger partial charge in [-0.15, -0.1) is 0 Å². The van der Waals surface area contributed by atoms with Gasteiger partial charge in [-0.1, -0.05) is 40.9 Å². The van der Waals surface area contributed by atoms with Crippen molar-refractivity contribution in [1.82, 2.24) is 4.90 Å². The van der Waals surface area contributed by atoms with Crippen LogP contribution in [0.25, 0.3) is 0 Å². The molecule has 1 saturated heterocycles. The van der Waals surface area contributed by atoms with E-state index in [2.05, 4.69) is 0 Å². The van der Waals surface area contributed by atoms with Gasteiger partial charge in [0.05, 0.1) is 0 Å². The van der Waals surface area contributed by atoms with Crippen molar-refractivity contribution >= 4 is 46.4 Å². The van der Waals surface area contributed by atoms with E-state index >= 15 is 0 Å². The van der Waals surface area contributed by atoms with Gasteiger partial charge in [0.1, 0.15) is 5.41 Å². The number of halogens is 6. The number of benzene rings is 2. The molecule has 2 aromatic carbocycles. The Kier molecular flexibility index (Phi) is 6.51. The van der Waals surface area contributed by atoms with E-state index in [1.165, 1.54) is 30.0 Å². The topological polar surface area (TPSA) is 23.6 Å². The van der Waals surface area contributed by atoms with Gasteiger partial charge < -0.3 is 9.80 Å². The van der Waals surface area contributed by atoms with Crippen molar-refractivity contribution in [3.8, 4) is 0 Å². The van der Waals surface area contributed by atoms with E-state index < -0.39 is 11.6 Å². The molecular weight excluding hydrogens is 460 g/mol. The number of hydrogen-bond acceptors (Lipinski definition) is 2. The van der Waals surface area contributed by atoms with Gasteiger partial charge in [0.25, 0.3) is 0 Å². The molecule has 9 heteroatoms. The normalized spacial score (nSPS) is 19.3. The van der Waals surface area contributed by atoms with Crippen LogP contribution in [0.1, 0.15) is 24.5 Å². The average molecular weight is 480 g/mol. The highest BCUT2D eigenvalue weighted by Crippen LogP contribution is 2.49. The second-order valence-electron chi connectivity index (χ2n) is 7.56. The summed E-state index contributed by atoms with van der Waals surface area (Å²) in [7, 11) is 1.65. The summed E-state index contributed by atoms with van der Waals surface area (Å²) in [5.41, 5.74) is -0.711. The molecular formula is C21H20Cl3F3N2O. The third-order valence-electron chi connectivity index (χ3n) is 5.57. The summed E-state index contributed by atoms with van der Waals surface area (Å²) >= 11 is 18.3. The first-order valence-electron chi connectivity index (χ1n) is 9.21. The summed E-state index contributed by atoms with van der Waals surface area (Å²) in [5, 5.41) is 0.735. The number of amides is 1. The van der Waals surface area contributed by atoms with E-state index in [0.29, 0.717) is 17.3 Å². The van der Waals surface area contributed by atoms with Crippen molar-refractivity contribution in [2.75, 3.05) is 25.0 Å². The highest BCUT2D eigenvalue weighted by Gasteiger charge is 2.59. The lowest BCUT2D eigenvalue weighted by Gasteiger charge is -2.33. The van der Waals surface area contributed by atoms with Crippen LogP contribution in [-0.4, -0.2) is 37.1 Å². The van der Waals surface area contributed by atoms with E-state index in [-0.39, 0.29) is 41.0 Å². The number of carbonyl (C=O) groups is 1. The fraction of sp³-hybridized carbons (Fsp3) is 0.381. The van der Waals surface area contributed by atoms with Crippen LogP contribution in [0.3, 0.4) is 0 Å². The fourth-order valence-corrected chi connectivity index (χ4v) is 4.48. The molecule has 1 fully saturated rings. The van der Waals surface area contributed by atoms with Gasteiger partial charge in [0.2, 0.25) is 5.91 Å². The molecule has 30 heavy (non-hydrogen) atoms. The summed E-state index contributed by atoms with van der Waals surface area (Å²) in [5.74, 6) is -0.107. The van der Waals surface area contributed by atoms with Gasteiger partial charge in [-0.3, -0.25) is 4.79 Å². The molecule has 1 amide bonds. The Morgan fingerprint density at radius 2 is 1.77 bits per heavy atom. The molecule has 1 atom stereocenters. The van der Waals surface area contributed by atoms with Crippen LogP contribution in [-0.2, 0) is 16.8 Å². The molecule has 0 spiro atoms. The number of anilines is 1. The van der Waals surface area contributed by atoms with Gasteiger partial charge in [0, 0.05) is 54.4 Å². The second-order valence-corrected chi connectivity index (χ2v) is 8.84. The van der Waals surface area contributed by atoms with Gasteiger partial charge in [-0.2, -0.15) is 13.2 Å². The molecule has 0 aromatic heterocycles. The van der Waals surface area contributed by atoms with E-state index in [1.54, 1.807) is 30.1 Å². The molecule has 162 valence electrons. The number of alkyl halides is 3. The monoisotopic (exact) mass is 478 g/mol. The molecule has 3 nitrogen and oxygen atoms in total. The molecule has 3 rings (SSSR count). The zero-order valence-electron chi connectivity index (χ0n) is 16.4. The largest absolute Gasteiger partial charge is 0.400 e. The Balaban J connectivity index is 1.91. The van der Waals surface area contributed by atoms with E-state index in [1.807, 2.05) is 0 Å². The molecule has 0 saturated carbocycles. The maximum Gasteiger partial charge on any atom is 0.400 e. The fourth-order valence-electron chi connectivity index (χ4n) is 3.72. The minimum absolute atomic E-state index is 0.0563. The van der Waals surface area contributed by atoms with Crippen molar-refractivity contribution in [3.05, 3.63) is 62.6 Å². The number of nitrogens with zero attached hydrogens (tertiary/aromatic N) is 2. The van der Waals surface area contributed by atoms with Crippen LogP contribution < -0.4 is 4.90 Å². The summed E-state index contributed by atoms with van der Waals surface area (Å²) in [6, 6.07) is 9.19. The van der Waals surface area contributed by atoms with Crippen LogP contribution >= 0.6 is 34.8 Å². The first kappa shape index (κ1) is 23.0. The van der Waals surface area contributed by atoms with Crippen LogP contribution in [0.4, 0.5) is 18.9 Å². The molecule has 1 unspecified atom stereocenters. The first-order chi connectivity index (χ1) is 13.9. The Morgan fingerprint density at radius 1 is 1.13 bits per heavy atom. The van der Waals surface area contributed by atoms with Crippen molar-refractivity contribution in [1.29, 1.82) is 0 Å². The molecule has 0 radical (unpaired) electrons. The lowest BCUT2D eigenvalue weighted by atomic mass is 9.79. The smallest absolute Gasteiger partial charge is 0.370 e. The van der Waals surface area contributed by atoms with Crippen LogP contribution in [0.15, 0.2) is 36.4 Å². The lowest BCUT2D eigenvalue weighted by molar-refractivity contribution is -0.184. The van der Waals surface area contributed by atoms with Gasteiger partial charge >= 0.3 is 6.18 Å². The van der Waals surface area contributed by atoms with Crippen molar-refractivity contribution < 1.29 is 18.0 Å². The zero-order valence-corrected chi connectivity index (χ0v) is 18.6. The van der Waals surface area contributed by atoms with Crippen LogP contribution in [0, 0.1) is 0 Å². The predicted octanol–water partition coefficient (Wildman–Crippen LogP) is 6.34. The predicted molar refractivity (Wildman–Crippen MR) is 115 cm³/mol. The third-order valence-corrected chi connectivity index (χ3v) is 6.36. The van der Waals surface area contributed by atoms with Gasteiger partial charge in [0.15, 0.2) is 0 Å². The van der Waals surface area contributed by atoms with Crippen molar-refractivity contribution in [2.24, 2.45) is 0 Å². The lowest BCUT2D eigenvalue weighted by Crippen LogP contribution is -2.44. The molecule has 1 aliphatic rings. The summed E-state index contributed by atoms with van der Waals surface area (Å²) < 4.78 is 42.7. The summed E-state index contributed by atoms with van der Waals surface area (Å²) in [6.07, 6.45) is -4.61. The Bertz CT molecular complexity index is 947. The highest BCUT2D eigenvalue weighted by molar-refractivity contribution is 6.34. The number of hydrogen-bond donors (Lipinski definition) is 0. The first-order valence-corrected chi connectivity index (χ1v) is 10.3. The van der Waals surface area contributed by atoms with Gasteiger partial charge in [-0.25, -0.2) is 0 Å². The minimum Gasteiger partial charge on any atom is -0.370 e. The standard InChI is InChI=1S/C21H20Cl3F3N2O/c1-13(30)28(2)11-14-3-4-18(10-19(14)24)29-6-5-20(12-29,21(25,26)27)15-7-16(22)9-17(23)8-15/h3-4,7-10H,5-6,11-12H2,1-2H3. The van der Waals surface area contributed by atoms with Gasteiger partial charge in [-0.05, 0) is 47.9 Å². The average Bonchev–Trinajstić information content (AvgIpc) is 3.09. The zero-order chi connectivity index (χ0) is 22.3. The Morgan fingerprint density at radius 3 is 2.30 bits per heavy atom. The maximum absolute atomic E-state index is 14.2. The van der Waals surface area contributed by atoms with E-state index in [0.717, 1.165) is 5.56 Å². The molecule has 1 aliphatic heterocycles. The SMILES string of the molecule is CC(=O)N(C)Cc1ccc(N2CCC(c3cc(Cl)cc(Cl)c3)(C(F)(F)F)C2)cc1Cl. The molecule has 0 aliphatic carbocycles. The summed E-state index contributed by atoms with van der Waals surface area (Å²) in [4.78, 5) is 14.6. The minimum atomic E-state index is -4.48. The van der Waals surface area contributed by atoms with Crippen molar-refractivity contribution in [2.45, 2.75) is 31.5 Å². The number of carbonyl (C=O) groups excluding carboxylic acids is 1. The highest BCUT2D eigenvalue weighted by atomic mass is 35.5. The van der Waals surface area contributed by atoms with Crippen LogP contribution in [0.2, 0.25) is 15.1 Å². The van der Waals surface area contributed by atoms with Crippen molar-refractivity contribution in [3.63, 3.8) is 0 Å². The number of rotatable bonds is 4. The quantitative estimate of drug-likeness (QED) is 0.511. The Labute approximate surface area is 188 Å². The molecule has 0 N–H and O–H groups in total. The third kappa shape index (κ3) is 4.51. The Hall–Kier alpha value is -1.63. The molecule has 2 aromatic rings. The van der Waals surface area contributed by atoms with E-state index in [4.69, 9.17) is 34.8 Å². The summed E-state index contributed by atoms with van der Waals surface area (Å²) in [6.45, 7) is 1.70. The maximum atomic E-state index is 14.2. The molecule has 1 heterocycles.